The van der Waals surface area contributed by atoms with Crippen molar-refractivity contribution in [2.75, 3.05) is 6.54 Å². The average molecular weight is 296 g/mol. The summed E-state index contributed by atoms with van der Waals surface area (Å²) in [6.07, 6.45) is 5.01. The van der Waals surface area contributed by atoms with Crippen LogP contribution in [0.15, 0.2) is 12.5 Å². The molecule has 0 saturated carbocycles. The van der Waals surface area contributed by atoms with Crippen LogP contribution in [0.25, 0.3) is 0 Å². The van der Waals surface area contributed by atoms with Crippen molar-refractivity contribution in [1.29, 1.82) is 0 Å². The van der Waals surface area contributed by atoms with Gasteiger partial charge in [0.1, 0.15) is 6.04 Å². The molecule has 0 bridgehead atoms. The summed E-state index contributed by atoms with van der Waals surface area (Å²) < 4.78 is 0. The predicted molar refractivity (Wildman–Crippen MR) is 78.5 cm³/mol. The Hall–Kier alpha value is -1.89. The molecule has 21 heavy (non-hydrogen) atoms. The number of aromatic amines is 1. The molecule has 7 nitrogen and oxygen atoms in total. The fourth-order valence-electron chi connectivity index (χ4n) is 2.05. The molecule has 1 rings (SSSR count). The maximum Gasteiger partial charge on any atom is 0.326 e. The van der Waals surface area contributed by atoms with Gasteiger partial charge in [0.2, 0.25) is 5.91 Å². The molecular weight excluding hydrogens is 272 g/mol. The third kappa shape index (κ3) is 6.40. The van der Waals surface area contributed by atoms with Crippen LogP contribution in [-0.4, -0.2) is 39.5 Å². The maximum atomic E-state index is 11.9. The molecule has 1 unspecified atom stereocenters. The van der Waals surface area contributed by atoms with E-state index in [2.05, 4.69) is 15.3 Å². The van der Waals surface area contributed by atoms with E-state index >= 15 is 0 Å². The number of aromatic nitrogens is 2. The van der Waals surface area contributed by atoms with Gasteiger partial charge in [-0.05, 0) is 24.8 Å². The lowest BCUT2D eigenvalue weighted by Gasteiger charge is -2.23. The van der Waals surface area contributed by atoms with Gasteiger partial charge in [0.15, 0.2) is 0 Å². The minimum atomic E-state index is -1.06. The number of nitrogens with two attached hydrogens (primary N) is 1. The SMILES string of the molecule is CC(C)(CCN)CCC(=O)NC(Cc1cnc[nH]1)C(=O)O. The molecule has 1 atom stereocenters. The molecule has 1 heterocycles. The van der Waals surface area contributed by atoms with E-state index in [0.717, 1.165) is 6.42 Å². The van der Waals surface area contributed by atoms with Gasteiger partial charge in [-0.1, -0.05) is 13.8 Å². The molecule has 0 radical (unpaired) electrons. The number of imidazole rings is 1. The van der Waals surface area contributed by atoms with Gasteiger partial charge in [-0.2, -0.15) is 0 Å². The van der Waals surface area contributed by atoms with Gasteiger partial charge in [-0.25, -0.2) is 9.78 Å². The highest BCUT2D eigenvalue weighted by atomic mass is 16.4. The number of aliphatic carboxylic acids is 1. The first kappa shape index (κ1) is 17.2. The monoisotopic (exact) mass is 296 g/mol. The first-order chi connectivity index (χ1) is 9.84. The summed E-state index contributed by atoms with van der Waals surface area (Å²) in [5.74, 6) is -1.31. The van der Waals surface area contributed by atoms with Crippen molar-refractivity contribution >= 4 is 11.9 Å². The highest BCUT2D eigenvalue weighted by Gasteiger charge is 2.23. The Morgan fingerprint density at radius 1 is 1.48 bits per heavy atom. The molecule has 1 aromatic heterocycles. The van der Waals surface area contributed by atoms with Crippen LogP contribution in [-0.2, 0) is 16.0 Å². The van der Waals surface area contributed by atoms with E-state index < -0.39 is 12.0 Å². The van der Waals surface area contributed by atoms with Crippen LogP contribution in [0.3, 0.4) is 0 Å². The molecule has 5 N–H and O–H groups in total. The van der Waals surface area contributed by atoms with Crippen molar-refractivity contribution < 1.29 is 14.7 Å². The Labute approximate surface area is 124 Å². The summed E-state index contributed by atoms with van der Waals surface area (Å²) in [4.78, 5) is 29.8. The van der Waals surface area contributed by atoms with Gasteiger partial charge in [-0.3, -0.25) is 4.79 Å². The van der Waals surface area contributed by atoms with Crippen LogP contribution in [0.2, 0.25) is 0 Å². The molecule has 0 spiro atoms. The topological polar surface area (TPSA) is 121 Å². The number of carbonyl (C=O) groups is 2. The van der Waals surface area contributed by atoms with E-state index in [1.54, 1.807) is 6.20 Å². The van der Waals surface area contributed by atoms with E-state index in [0.29, 0.717) is 25.1 Å². The third-order valence-electron chi connectivity index (χ3n) is 3.46. The number of rotatable bonds is 9. The average Bonchev–Trinajstić information content (AvgIpc) is 2.88. The number of nitrogens with one attached hydrogen (secondary N) is 2. The van der Waals surface area contributed by atoms with Crippen molar-refractivity contribution in [3.05, 3.63) is 18.2 Å². The number of carboxylic acids is 1. The van der Waals surface area contributed by atoms with Crippen molar-refractivity contribution in [2.45, 2.75) is 45.6 Å². The number of hydrogen-bond donors (Lipinski definition) is 4. The zero-order valence-corrected chi connectivity index (χ0v) is 12.6. The maximum absolute atomic E-state index is 11.9. The smallest absolute Gasteiger partial charge is 0.326 e. The lowest BCUT2D eigenvalue weighted by molar-refractivity contribution is -0.141. The largest absolute Gasteiger partial charge is 0.480 e. The van der Waals surface area contributed by atoms with Gasteiger partial charge in [0, 0.05) is 24.7 Å². The number of amides is 1. The number of carbonyl (C=O) groups excluding carboxylic acids is 1. The molecular formula is C14H24N4O3. The van der Waals surface area contributed by atoms with Crippen LogP contribution >= 0.6 is 0 Å². The highest BCUT2D eigenvalue weighted by molar-refractivity contribution is 5.83. The normalized spacial score (nSPS) is 12.9. The molecule has 7 heteroatoms. The number of hydrogen-bond acceptors (Lipinski definition) is 4. The van der Waals surface area contributed by atoms with Crippen molar-refractivity contribution in [2.24, 2.45) is 11.1 Å². The second-order valence-electron chi connectivity index (χ2n) is 5.94. The lowest BCUT2D eigenvalue weighted by Crippen LogP contribution is -2.42. The Kier molecular flexibility index (Phi) is 6.36. The fraction of sp³-hybridized carbons (Fsp3) is 0.643. The van der Waals surface area contributed by atoms with E-state index in [9.17, 15) is 9.59 Å². The van der Waals surface area contributed by atoms with E-state index in [1.807, 2.05) is 13.8 Å². The lowest BCUT2D eigenvalue weighted by atomic mass is 9.84. The Morgan fingerprint density at radius 2 is 2.19 bits per heavy atom. The zero-order chi connectivity index (χ0) is 15.9. The summed E-state index contributed by atoms with van der Waals surface area (Å²) >= 11 is 0. The minimum absolute atomic E-state index is 0.0197. The zero-order valence-electron chi connectivity index (χ0n) is 12.6. The molecule has 1 aromatic rings. The molecule has 118 valence electrons. The van der Waals surface area contributed by atoms with Crippen LogP contribution in [0.4, 0.5) is 0 Å². The Morgan fingerprint density at radius 3 is 2.71 bits per heavy atom. The van der Waals surface area contributed by atoms with Crippen LogP contribution in [0.1, 0.15) is 38.8 Å². The second-order valence-corrected chi connectivity index (χ2v) is 5.94. The summed E-state index contributed by atoms with van der Waals surface area (Å²) in [5.41, 5.74) is 6.18. The number of H-pyrrole nitrogens is 1. The number of nitrogens with zero attached hydrogens (tertiary/aromatic N) is 1. The van der Waals surface area contributed by atoms with Crippen LogP contribution in [0.5, 0.6) is 0 Å². The van der Waals surface area contributed by atoms with E-state index in [-0.39, 0.29) is 17.7 Å². The molecule has 0 aromatic carbocycles. The summed E-state index contributed by atoms with van der Waals surface area (Å²) in [5, 5.41) is 11.7. The Bertz CT molecular complexity index is 457. The first-order valence-corrected chi connectivity index (χ1v) is 7.03. The minimum Gasteiger partial charge on any atom is -0.480 e. The summed E-state index contributed by atoms with van der Waals surface area (Å²) in [6.45, 7) is 4.67. The van der Waals surface area contributed by atoms with Crippen molar-refractivity contribution in [3.8, 4) is 0 Å². The molecule has 0 saturated heterocycles. The molecule has 0 fully saturated rings. The molecule has 0 aliphatic heterocycles. The molecule has 1 amide bonds. The quantitative estimate of drug-likeness (QED) is 0.534. The molecule has 0 aliphatic carbocycles. The second kappa shape index (κ2) is 7.78. The molecule has 0 aliphatic rings. The summed E-state index contributed by atoms with van der Waals surface area (Å²) in [7, 11) is 0. The van der Waals surface area contributed by atoms with Crippen molar-refractivity contribution in [1.82, 2.24) is 15.3 Å². The van der Waals surface area contributed by atoms with Gasteiger partial charge in [-0.15, -0.1) is 0 Å². The van der Waals surface area contributed by atoms with Gasteiger partial charge in [0.25, 0.3) is 0 Å². The van der Waals surface area contributed by atoms with Crippen molar-refractivity contribution in [3.63, 3.8) is 0 Å². The third-order valence-corrected chi connectivity index (χ3v) is 3.46. The highest BCUT2D eigenvalue weighted by Crippen LogP contribution is 2.25. The van der Waals surface area contributed by atoms with E-state index in [1.165, 1.54) is 6.33 Å². The van der Waals surface area contributed by atoms with Gasteiger partial charge < -0.3 is 21.1 Å². The fourth-order valence-corrected chi connectivity index (χ4v) is 2.05. The standard InChI is InChI=1S/C14H24N4O3/c1-14(2,5-6-15)4-3-12(19)18-11(13(20)21)7-10-8-16-9-17-10/h8-9,11H,3-7,15H2,1-2H3,(H,16,17)(H,18,19)(H,20,21). The van der Waals surface area contributed by atoms with E-state index in [4.69, 9.17) is 10.8 Å². The predicted octanol–water partition coefficient (Wildman–Crippen LogP) is 0.677. The Balaban J connectivity index is 2.48. The number of carboxylic acid groups (broad SMARTS) is 1. The summed E-state index contributed by atoms with van der Waals surface area (Å²) in [6, 6.07) is -0.949. The van der Waals surface area contributed by atoms with Gasteiger partial charge in [0.05, 0.1) is 6.33 Å². The first-order valence-electron chi connectivity index (χ1n) is 7.03. The van der Waals surface area contributed by atoms with Crippen LogP contribution < -0.4 is 11.1 Å². The van der Waals surface area contributed by atoms with Gasteiger partial charge >= 0.3 is 5.97 Å². The van der Waals surface area contributed by atoms with Crippen LogP contribution in [0, 0.1) is 5.41 Å².